The Balaban J connectivity index is 1.48. The van der Waals surface area contributed by atoms with Gasteiger partial charge >= 0.3 is 0 Å². The number of anilines is 1. The van der Waals surface area contributed by atoms with Crippen molar-refractivity contribution in [1.82, 2.24) is 20.3 Å². The average Bonchev–Trinajstić information content (AvgIpc) is 3.40. The largest absolute Gasteiger partial charge is 0.497 e. The summed E-state index contributed by atoms with van der Waals surface area (Å²) in [7, 11) is -1.85. The van der Waals surface area contributed by atoms with E-state index in [1.165, 1.54) is 16.5 Å². The maximum atomic E-state index is 12.8. The molecule has 0 radical (unpaired) electrons. The van der Waals surface area contributed by atoms with Gasteiger partial charge in [0.1, 0.15) is 11.4 Å². The van der Waals surface area contributed by atoms with E-state index in [2.05, 4.69) is 15.6 Å². The van der Waals surface area contributed by atoms with Gasteiger partial charge in [-0.15, -0.1) is 5.10 Å². The van der Waals surface area contributed by atoms with Crippen molar-refractivity contribution in [3.8, 4) is 17.0 Å². The number of hydrogen-bond acceptors (Lipinski definition) is 8. The fourth-order valence-electron chi connectivity index (χ4n) is 3.95. The Bertz CT molecular complexity index is 1150. The summed E-state index contributed by atoms with van der Waals surface area (Å²) in [5, 5.41) is 11.1. The summed E-state index contributed by atoms with van der Waals surface area (Å²) in [6, 6.07) is 17.1. The maximum Gasteiger partial charge on any atom is 0.172 e. The third kappa shape index (κ3) is 4.92. The number of sulfone groups is 1. The lowest BCUT2D eigenvalue weighted by Crippen LogP contribution is -2.38. The molecule has 32 heavy (non-hydrogen) atoms. The van der Waals surface area contributed by atoms with Gasteiger partial charge in [0.2, 0.25) is 0 Å². The smallest absolute Gasteiger partial charge is 0.172 e. The van der Waals surface area contributed by atoms with E-state index in [-0.39, 0.29) is 17.1 Å². The Hall–Kier alpha value is -2.56. The fourth-order valence-corrected chi connectivity index (χ4v) is 6.45. The second-order valence-corrected chi connectivity index (χ2v) is 11.3. The molecule has 10 heteroatoms. The molecule has 1 fully saturated rings. The van der Waals surface area contributed by atoms with Crippen LogP contribution in [-0.4, -0.2) is 54.6 Å². The minimum atomic E-state index is -3.50. The molecule has 0 amide bonds. The zero-order chi connectivity index (χ0) is 22.7. The van der Waals surface area contributed by atoms with Crippen molar-refractivity contribution < 1.29 is 13.2 Å². The lowest BCUT2D eigenvalue weighted by atomic mass is 10.1. The number of hydrogen-bond donors (Lipinski definition) is 2. The Morgan fingerprint density at radius 1 is 1.22 bits per heavy atom. The number of nitrogens with zero attached hydrogens (tertiary/aromatic N) is 3. The van der Waals surface area contributed by atoms with Crippen LogP contribution in [0, 0.1) is 0 Å². The van der Waals surface area contributed by atoms with Crippen molar-refractivity contribution in [2.75, 3.05) is 25.6 Å². The third-order valence-electron chi connectivity index (χ3n) is 5.57. The molecule has 3 N–H and O–H groups in total. The third-order valence-corrected chi connectivity index (χ3v) is 8.31. The quantitative estimate of drug-likeness (QED) is 0.514. The average molecular weight is 474 g/mol. The first-order chi connectivity index (χ1) is 15.4. The van der Waals surface area contributed by atoms with Gasteiger partial charge in [0, 0.05) is 35.4 Å². The molecule has 1 aliphatic rings. The van der Waals surface area contributed by atoms with Crippen molar-refractivity contribution in [1.29, 1.82) is 0 Å². The summed E-state index contributed by atoms with van der Waals surface area (Å²) in [6.45, 7) is 0.720. The molecule has 0 aliphatic carbocycles. The van der Waals surface area contributed by atoms with Gasteiger partial charge in [-0.3, -0.25) is 0 Å². The number of methoxy groups -OCH3 is 1. The van der Waals surface area contributed by atoms with Crippen LogP contribution in [0.3, 0.4) is 0 Å². The van der Waals surface area contributed by atoms with Crippen molar-refractivity contribution >= 4 is 27.4 Å². The summed E-state index contributed by atoms with van der Waals surface area (Å²) < 4.78 is 32.1. The van der Waals surface area contributed by atoms with Gasteiger partial charge in [-0.1, -0.05) is 47.7 Å². The first-order valence-electron chi connectivity index (χ1n) is 10.3. The van der Waals surface area contributed by atoms with E-state index in [4.69, 9.17) is 10.5 Å². The maximum absolute atomic E-state index is 12.8. The summed E-state index contributed by atoms with van der Waals surface area (Å²) in [4.78, 5) is 0. The second kappa shape index (κ2) is 9.51. The van der Waals surface area contributed by atoms with Crippen LogP contribution in [0.4, 0.5) is 5.82 Å². The molecular weight excluding hydrogens is 446 g/mol. The SMILES string of the molecule is COc1ccc(CS[C@H]2CN[C@H](C(n3nnc(-c4ccccc4)c3N)S(C)(=O)=O)C2)cc1. The van der Waals surface area contributed by atoms with Crippen LogP contribution >= 0.6 is 11.8 Å². The van der Waals surface area contributed by atoms with Gasteiger partial charge in [-0.05, 0) is 24.1 Å². The zero-order valence-corrected chi connectivity index (χ0v) is 19.6. The lowest BCUT2D eigenvalue weighted by molar-refractivity contribution is 0.414. The molecule has 0 spiro atoms. The zero-order valence-electron chi connectivity index (χ0n) is 18.0. The van der Waals surface area contributed by atoms with Crippen LogP contribution in [0.25, 0.3) is 11.3 Å². The molecule has 1 aliphatic heterocycles. The topological polar surface area (TPSA) is 112 Å². The molecule has 0 saturated carbocycles. The summed E-state index contributed by atoms with van der Waals surface area (Å²) in [5.74, 6) is 1.93. The highest BCUT2D eigenvalue weighted by molar-refractivity contribution is 7.99. The number of nitrogens with two attached hydrogens (primary N) is 1. The highest BCUT2D eigenvalue weighted by Crippen LogP contribution is 2.34. The van der Waals surface area contributed by atoms with Crippen LogP contribution in [0.2, 0.25) is 0 Å². The molecule has 1 unspecified atom stereocenters. The molecule has 1 aromatic heterocycles. The Morgan fingerprint density at radius 3 is 2.59 bits per heavy atom. The predicted molar refractivity (Wildman–Crippen MR) is 128 cm³/mol. The van der Waals surface area contributed by atoms with Crippen LogP contribution in [-0.2, 0) is 15.6 Å². The normalized spacial score (nSPS) is 19.7. The highest BCUT2D eigenvalue weighted by atomic mass is 32.2. The lowest BCUT2D eigenvalue weighted by Gasteiger charge is -2.23. The van der Waals surface area contributed by atoms with Crippen LogP contribution in [0.15, 0.2) is 54.6 Å². The summed E-state index contributed by atoms with van der Waals surface area (Å²) >= 11 is 1.81. The van der Waals surface area contributed by atoms with Crippen LogP contribution in [0.5, 0.6) is 5.75 Å². The van der Waals surface area contributed by atoms with Gasteiger partial charge in [-0.2, -0.15) is 11.8 Å². The molecule has 4 rings (SSSR count). The summed E-state index contributed by atoms with van der Waals surface area (Å²) in [5.41, 5.74) is 8.81. The molecule has 170 valence electrons. The van der Waals surface area contributed by atoms with E-state index < -0.39 is 15.2 Å². The molecule has 2 heterocycles. The summed E-state index contributed by atoms with van der Waals surface area (Å²) in [6.07, 6.45) is 1.92. The van der Waals surface area contributed by atoms with E-state index in [1.54, 1.807) is 7.11 Å². The molecular formula is C22H27N5O3S2. The predicted octanol–water partition coefficient (Wildman–Crippen LogP) is 2.74. The molecule has 1 saturated heterocycles. The van der Waals surface area contributed by atoms with E-state index in [1.807, 2.05) is 66.4 Å². The van der Waals surface area contributed by atoms with Crippen LogP contribution in [0.1, 0.15) is 17.4 Å². The number of aromatic nitrogens is 3. The minimum absolute atomic E-state index is 0.253. The fraction of sp³-hybridized carbons (Fsp3) is 0.364. The van der Waals surface area contributed by atoms with Crippen molar-refractivity contribution in [2.45, 2.75) is 28.8 Å². The number of thioether (sulfide) groups is 1. The van der Waals surface area contributed by atoms with Gasteiger partial charge < -0.3 is 15.8 Å². The van der Waals surface area contributed by atoms with Gasteiger partial charge in [0.05, 0.1) is 7.11 Å². The first kappa shape index (κ1) is 22.6. The van der Waals surface area contributed by atoms with Gasteiger partial charge in [-0.25, -0.2) is 13.1 Å². The van der Waals surface area contributed by atoms with Crippen LogP contribution < -0.4 is 15.8 Å². The minimum Gasteiger partial charge on any atom is -0.497 e. The number of rotatable bonds is 8. The van der Waals surface area contributed by atoms with Crippen molar-refractivity contribution in [2.24, 2.45) is 0 Å². The van der Waals surface area contributed by atoms with E-state index in [0.29, 0.717) is 12.1 Å². The number of nitrogen functional groups attached to an aromatic ring is 1. The number of ether oxygens (including phenoxy) is 1. The number of nitrogens with one attached hydrogen (secondary N) is 1. The standard InChI is InChI=1S/C22H27N5O3S2/c1-30-17-10-8-15(9-11-17)14-31-18-12-19(24-13-18)22(32(2,28)29)27-21(23)20(25-26-27)16-6-4-3-5-7-16/h3-11,18-19,22,24H,12-14,23H2,1-2H3/t18-,19+,22?/m1/s1. The second-order valence-electron chi connectivity index (χ2n) is 7.89. The Kier molecular flexibility index (Phi) is 6.73. The molecule has 3 atom stereocenters. The van der Waals surface area contributed by atoms with E-state index in [0.717, 1.165) is 23.6 Å². The molecule has 8 nitrogen and oxygen atoms in total. The van der Waals surface area contributed by atoms with Gasteiger partial charge in [0.25, 0.3) is 0 Å². The Labute approximate surface area is 192 Å². The number of benzene rings is 2. The van der Waals surface area contributed by atoms with Crippen molar-refractivity contribution in [3.63, 3.8) is 0 Å². The van der Waals surface area contributed by atoms with Gasteiger partial charge in [0.15, 0.2) is 21.0 Å². The molecule has 0 bridgehead atoms. The Morgan fingerprint density at radius 2 is 1.94 bits per heavy atom. The monoisotopic (exact) mass is 473 g/mol. The highest BCUT2D eigenvalue weighted by Gasteiger charge is 2.39. The first-order valence-corrected chi connectivity index (χ1v) is 13.3. The van der Waals surface area contributed by atoms with Crippen molar-refractivity contribution in [3.05, 3.63) is 60.2 Å². The molecule has 3 aromatic rings. The van der Waals surface area contributed by atoms with E-state index in [9.17, 15) is 8.42 Å². The van der Waals surface area contributed by atoms with E-state index >= 15 is 0 Å². The molecule has 2 aromatic carbocycles.